The molecule has 0 fully saturated rings. The standard InChI is InChI=1S/C71H123N9O21S/c1-54(2)46-59(83)49-78-60(64(85)50-80(3)62(24-16-17-25-65(72)73)63(84)48-56(70(74)90)47-55-27-29-57(81)30-28-55)23-18-19-33-75-68(88)52-100-43-39-96-36-21-22-58(82)51-99-42-40-98-38-35-77-69(89)53-101-44-41-97-37-34-76-66(86)32-31-61(71(91)92)79-67(87)26-15-13-11-9-7-5-4-6-8-10-12-14-20-45-102(93,94)95/h27-30,54,56,60-62,78,81H,4-26,31-53H2,1-3H3,(H3,72,73)(H2,74,90)(H,75,88)(H,76,86)(H,77,89)(H,79,87)(H,91,92)(H,93,94,95)/t56-,60+,61+,62+/m1/s1. The fourth-order valence-electron chi connectivity index (χ4n) is 10.8. The van der Waals surface area contributed by atoms with Gasteiger partial charge in [0.25, 0.3) is 10.1 Å². The van der Waals surface area contributed by atoms with Crippen LogP contribution in [0.25, 0.3) is 0 Å². The number of likely N-dealkylation sites (N-methyl/N-ethyl adjacent to an activating group) is 1. The van der Waals surface area contributed by atoms with Crippen LogP contribution in [0.4, 0.5) is 0 Å². The van der Waals surface area contributed by atoms with E-state index in [1.54, 1.807) is 24.1 Å². The zero-order valence-corrected chi connectivity index (χ0v) is 61.7. The van der Waals surface area contributed by atoms with Gasteiger partial charge >= 0.3 is 5.97 Å². The van der Waals surface area contributed by atoms with Gasteiger partial charge in [0.05, 0.1) is 89.6 Å². The van der Waals surface area contributed by atoms with Crippen LogP contribution in [0.15, 0.2) is 24.3 Å². The molecule has 0 saturated heterocycles. The molecule has 5 amide bonds. The lowest BCUT2D eigenvalue weighted by molar-refractivity contribution is -0.142. The fourth-order valence-corrected chi connectivity index (χ4v) is 11.4. The van der Waals surface area contributed by atoms with Gasteiger partial charge in [-0.25, -0.2) is 4.79 Å². The zero-order chi connectivity index (χ0) is 75.6. The number of hydrogen-bond acceptors (Lipinski definition) is 22. The Hall–Kier alpha value is -6.42. The van der Waals surface area contributed by atoms with Gasteiger partial charge in [-0.2, -0.15) is 8.42 Å². The third-order valence-electron chi connectivity index (χ3n) is 16.4. The highest BCUT2D eigenvalue weighted by atomic mass is 32.2. The van der Waals surface area contributed by atoms with Gasteiger partial charge in [-0.05, 0) is 94.9 Å². The molecule has 1 aromatic rings. The van der Waals surface area contributed by atoms with Crippen molar-refractivity contribution in [2.45, 2.75) is 212 Å². The lowest BCUT2D eigenvalue weighted by atomic mass is 9.89. The van der Waals surface area contributed by atoms with E-state index in [2.05, 4.69) is 26.6 Å². The van der Waals surface area contributed by atoms with Crippen LogP contribution in [-0.2, 0) is 92.9 Å². The van der Waals surface area contributed by atoms with Crippen molar-refractivity contribution in [3.63, 3.8) is 0 Å². The van der Waals surface area contributed by atoms with Crippen LogP contribution >= 0.6 is 0 Å². The Kier molecular flexibility index (Phi) is 55.0. The molecule has 0 bridgehead atoms. The Labute approximate surface area is 604 Å². The number of ether oxygens (including phenoxy) is 6. The molecule has 0 heterocycles. The smallest absolute Gasteiger partial charge is 0.326 e. The van der Waals surface area contributed by atoms with Crippen molar-refractivity contribution < 1.29 is 99.6 Å². The Morgan fingerprint density at radius 2 is 1.03 bits per heavy atom. The van der Waals surface area contributed by atoms with Gasteiger partial charge < -0.3 is 76.7 Å². The number of unbranched alkanes of at least 4 members (excludes halogenated alkanes) is 14. The number of carboxylic acid groups (broad SMARTS) is 1. The first-order chi connectivity index (χ1) is 48.8. The Morgan fingerprint density at radius 3 is 1.58 bits per heavy atom. The number of hydrogen-bond donors (Lipinski definition) is 11. The van der Waals surface area contributed by atoms with E-state index in [1.807, 2.05) is 13.8 Å². The number of carbonyl (C=O) groups is 10. The van der Waals surface area contributed by atoms with Crippen molar-refractivity contribution in [1.82, 2.24) is 31.5 Å². The average molecular weight is 1470 g/mol. The number of ketones is 4. The minimum Gasteiger partial charge on any atom is -0.508 e. The van der Waals surface area contributed by atoms with Crippen LogP contribution in [-0.4, -0.2) is 235 Å². The molecule has 31 heteroatoms. The normalized spacial score (nSPS) is 12.7. The Bertz CT molecular complexity index is 2670. The highest BCUT2D eigenvalue weighted by molar-refractivity contribution is 7.85. The first kappa shape index (κ1) is 93.6. The van der Waals surface area contributed by atoms with Gasteiger partial charge in [0.15, 0.2) is 17.3 Å². The number of aromatic hydroxyl groups is 1. The van der Waals surface area contributed by atoms with Crippen LogP contribution in [0, 0.1) is 17.2 Å². The van der Waals surface area contributed by atoms with Gasteiger partial charge in [-0.1, -0.05) is 103 Å². The summed E-state index contributed by atoms with van der Waals surface area (Å²) in [6.45, 7) is 5.66. The van der Waals surface area contributed by atoms with Crippen LogP contribution in [0.2, 0.25) is 0 Å². The van der Waals surface area contributed by atoms with Crippen molar-refractivity contribution in [3.05, 3.63) is 29.8 Å². The maximum atomic E-state index is 14.0. The van der Waals surface area contributed by atoms with Crippen LogP contribution < -0.4 is 38.1 Å². The summed E-state index contributed by atoms with van der Waals surface area (Å²) in [7, 11) is -2.20. The molecular weight excluding hydrogens is 1350 g/mol. The number of nitrogens with zero attached hydrogens (tertiary/aromatic N) is 1. The number of phenolic OH excluding ortho intramolecular Hbond substituents is 1. The summed E-state index contributed by atoms with van der Waals surface area (Å²) in [5.74, 6) is -4.75. The summed E-state index contributed by atoms with van der Waals surface area (Å²) in [4.78, 5) is 128. The average Bonchev–Trinajstić information content (AvgIpc) is 0.889. The number of amides is 5. The van der Waals surface area contributed by atoms with Crippen LogP contribution in [0.3, 0.4) is 0 Å². The van der Waals surface area contributed by atoms with Crippen molar-refractivity contribution in [1.29, 1.82) is 5.41 Å². The lowest BCUT2D eigenvalue weighted by Gasteiger charge is -2.29. The first-order valence-electron chi connectivity index (χ1n) is 36.4. The monoisotopic (exact) mass is 1470 g/mol. The van der Waals surface area contributed by atoms with E-state index in [4.69, 9.17) is 49.9 Å². The second-order valence-electron chi connectivity index (χ2n) is 26.2. The largest absolute Gasteiger partial charge is 0.508 e. The third-order valence-corrected chi connectivity index (χ3v) is 17.2. The molecule has 0 aliphatic carbocycles. The van der Waals surface area contributed by atoms with Gasteiger partial charge in [-0.15, -0.1) is 0 Å². The summed E-state index contributed by atoms with van der Waals surface area (Å²) >= 11 is 0. The minimum absolute atomic E-state index is 0.0141. The Balaban J connectivity index is 2.16. The summed E-state index contributed by atoms with van der Waals surface area (Å²) < 4.78 is 62.8. The molecular formula is C71H123N9O21S. The number of Topliss-reactive ketones (excluding diaryl/α,β-unsaturated/α-hetero) is 4. The number of aliphatic carboxylic acids is 1. The fraction of sp³-hybridized carbons (Fsp3) is 0.761. The summed E-state index contributed by atoms with van der Waals surface area (Å²) in [6.07, 6.45) is 16.8. The highest BCUT2D eigenvalue weighted by Gasteiger charge is 2.31. The zero-order valence-electron chi connectivity index (χ0n) is 60.9. The van der Waals surface area contributed by atoms with E-state index >= 15 is 0 Å². The SMILES string of the molecule is CC(C)CC(=O)CN[C@@H](CCCCNC(=O)COCCOCCCC(=O)COCCOCCNC(=O)COCCOCCNC(=O)CC[C@H](NC(=O)CCCCCCCCCCCCCCCS(=O)(=O)O)C(=O)O)C(=O)CN(C)[C@@H](CCCCC(=N)N)C(=O)C[C@@H](Cc1ccc(O)cc1)C(N)=O. The summed E-state index contributed by atoms with van der Waals surface area (Å²) in [5.41, 5.74) is 12.0. The van der Waals surface area contributed by atoms with Gasteiger partial charge in [-0.3, -0.25) is 58.0 Å². The van der Waals surface area contributed by atoms with E-state index < -0.39 is 46.0 Å². The number of carboxylic acids is 1. The van der Waals surface area contributed by atoms with Crippen LogP contribution in [0.5, 0.6) is 5.75 Å². The quantitative estimate of drug-likeness (QED) is 0.0184. The molecule has 1 aromatic carbocycles. The second-order valence-corrected chi connectivity index (χ2v) is 27.8. The predicted octanol–water partition coefficient (Wildman–Crippen LogP) is 4.60. The molecule has 0 aliphatic heterocycles. The summed E-state index contributed by atoms with van der Waals surface area (Å²) in [5, 5.41) is 40.6. The maximum absolute atomic E-state index is 14.0. The number of primary amides is 1. The molecule has 0 unspecified atom stereocenters. The van der Waals surface area contributed by atoms with Crippen molar-refractivity contribution >= 4 is 74.6 Å². The molecule has 1 rings (SSSR count). The first-order valence-corrected chi connectivity index (χ1v) is 38.0. The molecule has 0 aliphatic rings. The van der Waals surface area contributed by atoms with Crippen molar-refractivity contribution in [2.24, 2.45) is 23.3 Å². The van der Waals surface area contributed by atoms with E-state index in [1.165, 1.54) is 12.1 Å². The number of nitrogens with two attached hydrogens (primary N) is 2. The number of nitrogens with one attached hydrogen (secondary N) is 6. The van der Waals surface area contributed by atoms with Gasteiger partial charge in [0, 0.05) is 70.7 Å². The molecule has 0 aromatic heterocycles. The van der Waals surface area contributed by atoms with E-state index in [0.717, 1.165) is 76.2 Å². The molecule has 30 nitrogen and oxygen atoms in total. The predicted molar refractivity (Wildman–Crippen MR) is 384 cm³/mol. The van der Waals surface area contributed by atoms with Crippen molar-refractivity contribution in [2.75, 3.05) is 125 Å². The van der Waals surface area contributed by atoms with Crippen LogP contribution in [0.1, 0.15) is 193 Å². The van der Waals surface area contributed by atoms with E-state index in [-0.39, 0.29) is 207 Å². The van der Waals surface area contributed by atoms with E-state index in [0.29, 0.717) is 83.8 Å². The number of rotatable bonds is 71. The molecule has 0 saturated carbocycles. The lowest BCUT2D eigenvalue weighted by Crippen LogP contribution is -2.48. The molecule has 0 spiro atoms. The van der Waals surface area contributed by atoms with E-state index in [9.17, 15) is 66.6 Å². The Morgan fingerprint density at radius 1 is 0.520 bits per heavy atom. The van der Waals surface area contributed by atoms with Gasteiger partial charge in [0.1, 0.15) is 37.4 Å². The highest BCUT2D eigenvalue weighted by Crippen LogP contribution is 2.21. The molecule has 0 radical (unpaired) electrons. The molecule has 584 valence electrons. The molecule has 13 N–H and O–H groups in total. The maximum Gasteiger partial charge on any atom is 0.326 e. The number of carbonyl (C=O) groups excluding carboxylic acids is 9. The summed E-state index contributed by atoms with van der Waals surface area (Å²) in [6, 6.07) is 3.63. The minimum atomic E-state index is -3.86. The van der Waals surface area contributed by atoms with Crippen molar-refractivity contribution in [3.8, 4) is 5.75 Å². The number of amidine groups is 1. The van der Waals surface area contributed by atoms with Gasteiger partial charge in [0.2, 0.25) is 29.5 Å². The number of phenols is 1. The second kappa shape index (κ2) is 59.9. The topological polar surface area (TPSA) is 460 Å². The number of benzene rings is 1. The molecule has 102 heavy (non-hydrogen) atoms. The third kappa shape index (κ3) is 55.2. The molecule has 4 atom stereocenters.